The van der Waals surface area contributed by atoms with Crippen LogP contribution in [0.2, 0.25) is 0 Å². The van der Waals surface area contributed by atoms with Crippen LogP contribution in [0.15, 0.2) is 30.5 Å². The standard InChI is InChI=1S/C19H24F3N3O2/c1-4-5-6-7-12-27-15-10-8-14(9-11-15)25(2)17-16(19(20,21)22)13-23-18(24-17)26-3/h8-11,13H,4-7,12H2,1-3H3. The maximum absolute atomic E-state index is 13.3. The Morgan fingerprint density at radius 2 is 1.78 bits per heavy atom. The molecule has 0 unspecified atom stereocenters. The third kappa shape index (κ3) is 5.74. The highest BCUT2D eigenvalue weighted by Crippen LogP contribution is 2.37. The molecular weight excluding hydrogens is 359 g/mol. The second-order valence-corrected chi connectivity index (χ2v) is 6.05. The number of rotatable bonds is 9. The van der Waals surface area contributed by atoms with Gasteiger partial charge in [0, 0.05) is 18.9 Å². The summed E-state index contributed by atoms with van der Waals surface area (Å²) in [7, 11) is 2.82. The van der Waals surface area contributed by atoms with Gasteiger partial charge in [-0.2, -0.15) is 18.2 Å². The number of unbranched alkanes of at least 4 members (excludes halogenated alkanes) is 3. The third-order valence-corrected chi connectivity index (χ3v) is 4.04. The Balaban J connectivity index is 2.14. The lowest BCUT2D eigenvalue weighted by Gasteiger charge is -2.22. The molecule has 2 aromatic rings. The molecule has 0 N–H and O–H groups in total. The topological polar surface area (TPSA) is 47.5 Å². The van der Waals surface area contributed by atoms with E-state index in [-0.39, 0.29) is 11.8 Å². The van der Waals surface area contributed by atoms with Crippen molar-refractivity contribution < 1.29 is 22.6 Å². The Morgan fingerprint density at radius 1 is 1.07 bits per heavy atom. The first-order valence-corrected chi connectivity index (χ1v) is 8.81. The second kappa shape index (κ2) is 9.43. The van der Waals surface area contributed by atoms with Crippen LogP contribution in [0.3, 0.4) is 0 Å². The molecule has 1 aromatic heterocycles. The van der Waals surface area contributed by atoms with Crippen LogP contribution >= 0.6 is 0 Å². The van der Waals surface area contributed by atoms with Gasteiger partial charge in [-0.15, -0.1) is 0 Å². The summed E-state index contributed by atoms with van der Waals surface area (Å²) in [6, 6.07) is 6.72. The monoisotopic (exact) mass is 383 g/mol. The van der Waals surface area contributed by atoms with Crippen molar-refractivity contribution in [2.75, 3.05) is 25.7 Å². The van der Waals surface area contributed by atoms with Crippen LogP contribution in [0.1, 0.15) is 38.2 Å². The van der Waals surface area contributed by atoms with Gasteiger partial charge in [0.05, 0.1) is 13.7 Å². The summed E-state index contributed by atoms with van der Waals surface area (Å²) < 4.78 is 50.4. The van der Waals surface area contributed by atoms with Crippen LogP contribution in [0.4, 0.5) is 24.7 Å². The maximum atomic E-state index is 13.3. The molecule has 0 saturated carbocycles. The Kier molecular flexibility index (Phi) is 7.27. The summed E-state index contributed by atoms with van der Waals surface area (Å²) in [5, 5.41) is 0. The highest BCUT2D eigenvalue weighted by Gasteiger charge is 2.36. The van der Waals surface area contributed by atoms with Gasteiger partial charge in [-0.05, 0) is 30.7 Å². The van der Waals surface area contributed by atoms with Crippen molar-refractivity contribution >= 4 is 11.5 Å². The molecule has 0 radical (unpaired) electrons. The van der Waals surface area contributed by atoms with E-state index in [1.54, 1.807) is 24.3 Å². The predicted octanol–water partition coefficient (Wildman–Crippen LogP) is 5.23. The van der Waals surface area contributed by atoms with E-state index >= 15 is 0 Å². The van der Waals surface area contributed by atoms with E-state index in [4.69, 9.17) is 9.47 Å². The van der Waals surface area contributed by atoms with E-state index in [2.05, 4.69) is 16.9 Å². The van der Waals surface area contributed by atoms with Crippen LogP contribution in [-0.4, -0.2) is 30.7 Å². The number of benzene rings is 1. The summed E-state index contributed by atoms with van der Waals surface area (Å²) in [4.78, 5) is 8.79. The minimum atomic E-state index is -4.57. The van der Waals surface area contributed by atoms with Gasteiger partial charge >= 0.3 is 12.2 Å². The maximum Gasteiger partial charge on any atom is 0.421 e. The highest BCUT2D eigenvalue weighted by atomic mass is 19.4. The van der Waals surface area contributed by atoms with Gasteiger partial charge in [-0.3, -0.25) is 0 Å². The van der Waals surface area contributed by atoms with E-state index < -0.39 is 11.7 Å². The smallest absolute Gasteiger partial charge is 0.421 e. The number of methoxy groups -OCH3 is 1. The number of halogens is 3. The van der Waals surface area contributed by atoms with Crippen molar-refractivity contribution in [2.45, 2.75) is 38.8 Å². The fourth-order valence-electron chi connectivity index (χ4n) is 2.52. The normalized spacial score (nSPS) is 11.3. The van der Waals surface area contributed by atoms with Crippen molar-refractivity contribution in [3.05, 3.63) is 36.0 Å². The highest BCUT2D eigenvalue weighted by molar-refractivity contribution is 5.63. The summed E-state index contributed by atoms with van der Waals surface area (Å²) in [5.74, 6) is 0.405. The van der Waals surface area contributed by atoms with Gasteiger partial charge in [-0.25, -0.2) is 4.98 Å². The Bertz CT molecular complexity index is 721. The van der Waals surface area contributed by atoms with Crippen molar-refractivity contribution in [1.82, 2.24) is 9.97 Å². The van der Waals surface area contributed by atoms with Gasteiger partial charge in [0.1, 0.15) is 11.3 Å². The first-order chi connectivity index (χ1) is 12.9. The number of anilines is 2. The number of hydrogen-bond acceptors (Lipinski definition) is 5. The molecule has 1 aromatic carbocycles. The first-order valence-electron chi connectivity index (χ1n) is 8.81. The number of ether oxygens (including phenoxy) is 2. The Labute approximate surface area is 157 Å². The lowest BCUT2D eigenvalue weighted by Crippen LogP contribution is -2.19. The zero-order valence-corrected chi connectivity index (χ0v) is 15.7. The quantitative estimate of drug-likeness (QED) is 0.555. The van der Waals surface area contributed by atoms with E-state index in [1.165, 1.54) is 25.5 Å². The lowest BCUT2D eigenvalue weighted by atomic mass is 10.2. The van der Waals surface area contributed by atoms with Gasteiger partial charge in [0.25, 0.3) is 0 Å². The fourth-order valence-corrected chi connectivity index (χ4v) is 2.52. The summed E-state index contributed by atoms with van der Waals surface area (Å²) in [6.45, 7) is 2.77. The molecule has 0 saturated heterocycles. The number of alkyl halides is 3. The first kappa shape index (κ1) is 20.8. The zero-order chi connectivity index (χ0) is 19.9. The van der Waals surface area contributed by atoms with Gasteiger partial charge in [0.15, 0.2) is 5.82 Å². The van der Waals surface area contributed by atoms with Crippen molar-refractivity contribution in [3.63, 3.8) is 0 Å². The molecule has 5 nitrogen and oxygen atoms in total. The average molecular weight is 383 g/mol. The molecule has 8 heteroatoms. The van der Waals surface area contributed by atoms with Crippen LogP contribution in [0.25, 0.3) is 0 Å². The molecule has 27 heavy (non-hydrogen) atoms. The molecule has 0 aliphatic carbocycles. The largest absolute Gasteiger partial charge is 0.494 e. The van der Waals surface area contributed by atoms with Crippen molar-refractivity contribution in [2.24, 2.45) is 0 Å². The summed E-state index contributed by atoms with van der Waals surface area (Å²) in [5.41, 5.74) is -0.387. The lowest BCUT2D eigenvalue weighted by molar-refractivity contribution is -0.137. The van der Waals surface area contributed by atoms with E-state index in [9.17, 15) is 13.2 Å². The van der Waals surface area contributed by atoms with Gasteiger partial charge < -0.3 is 14.4 Å². The van der Waals surface area contributed by atoms with Crippen LogP contribution in [0.5, 0.6) is 11.8 Å². The third-order valence-electron chi connectivity index (χ3n) is 4.04. The van der Waals surface area contributed by atoms with E-state index in [0.29, 0.717) is 18.0 Å². The molecule has 1 heterocycles. The van der Waals surface area contributed by atoms with E-state index in [0.717, 1.165) is 25.5 Å². The van der Waals surface area contributed by atoms with Crippen LogP contribution in [0, 0.1) is 0 Å². The molecule has 0 bridgehead atoms. The number of hydrogen-bond donors (Lipinski definition) is 0. The zero-order valence-electron chi connectivity index (χ0n) is 15.7. The second-order valence-electron chi connectivity index (χ2n) is 6.05. The summed E-state index contributed by atoms with van der Waals surface area (Å²) in [6.07, 6.45) is 0.590. The molecule has 0 fully saturated rings. The minimum Gasteiger partial charge on any atom is -0.494 e. The Hall–Kier alpha value is -2.51. The molecule has 0 aliphatic rings. The Morgan fingerprint density at radius 3 is 2.37 bits per heavy atom. The predicted molar refractivity (Wildman–Crippen MR) is 97.7 cm³/mol. The minimum absolute atomic E-state index is 0.128. The van der Waals surface area contributed by atoms with Gasteiger partial charge in [0.2, 0.25) is 0 Å². The fraction of sp³-hybridized carbons (Fsp3) is 0.474. The van der Waals surface area contributed by atoms with Crippen molar-refractivity contribution in [3.8, 4) is 11.8 Å². The van der Waals surface area contributed by atoms with Crippen LogP contribution < -0.4 is 14.4 Å². The number of nitrogens with zero attached hydrogens (tertiary/aromatic N) is 3. The van der Waals surface area contributed by atoms with E-state index in [1.807, 2.05) is 0 Å². The molecular formula is C19H24F3N3O2. The van der Waals surface area contributed by atoms with Crippen molar-refractivity contribution in [1.29, 1.82) is 0 Å². The SMILES string of the molecule is CCCCCCOc1ccc(N(C)c2nc(OC)ncc2C(F)(F)F)cc1. The number of aromatic nitrogens is 2. The molecule has 0 amide bonds. The molecule has 2 rings (SSSR count). The molecule has 0 atom stereocenters. The molecule has 148 valence electrons. The molecule has 0 aliphatic heterocycles. The van der Waals surface area contributed by atoms with Crippen LogP contribution in [-0.2, 0) is 6.18 Å². The average Bonchev–Trinajstić information content (AvgIpc) is 2.66. The summed E-state index contributed by atoms with van der Waals surface area (Å²) >= 11 is 0. The van der Waals surface area contributed by atoms with Gasteiger partial charge in [-0.1, -0.05) is 26.2 Å². The molecule has 0 spiro atoms.